The first-order chi connectivity index (χ1) is 18.0. The summed E-state index contributed by atoms with van der Waals surface area (Å²) in [5.41, 5.74) is 5.06. The van der Waals surface area contributed by atoms with Gasteiger partial charge in [-0.1, -0.05) is 40.9 Å². The number of benzene rings is 3. The molecule has 12 heteroatoms. The lowest BCUT2D eigenvalue weighted by atomic mass is 10.1. The maximum atomic E-state index is 13.0. The molecule has 10 nitrogen and oxygen atoms in total. The summed E-state index contributed by atoms with van der Waals surface area (Å²) in [5.74, 6) is -6.03. The van der Waals surface area contributed by atoms with Crippen LogP contribution >= 0.6 is 23.2 Å². The van der Waals surface area contributed by atoms with Crippen LogP contribution in [0, 0.1) is 6.92 Å². The maximum absolute atomic E-state index is 13.0. The molecule has 0 aliphatic carbocycles. The Balaban J connectivity index is 1.84. The van der Waals surface area contributed by atoms with Crippen molar-refractivity contribution in [1.29, 1.82) is 0 Å². The second-order valence-corrected chi connectivity index (χ2v) is 8.69. The Morgan fingerprint density at radius 3 is 1.53 bits per heavy atom. The van der Waals surface area contributed by atoms with Crippen LogP contribution in [0.5, 0.6) is 0 Å². The van der Waals surface area contributed by atoms with Gasteiger partial charge in [0.25, 0.3) is 11.8 Å². The first-order valence-electron chi connectivity index (χ1n) is 10.9. The van der Waals surface area contributed by atoms with Crippen molar-refractivity contribution < 1.29 is 38.6 Å². The third-order valence-electron chi connectivity index (χ3n) is 5.02. The second-order valence-electron chi connectivity index (χ2n) is 7.81. The number of nitrogens with one attached hydrogen (secondary N) is 2. The molecule has 0 radical (unpaired) electrons. The van der Waals surface area contributed by atoms with Gasteiger partial charge in [-0.15, -0.1) is 0 Å². The highest BCUT2D eigenvalue weighted by molar-refractivity contribution is 6.31. The van der Waals surface area contributed by atoms with Gasteiger partial charge in [-0.2, -0.15) is 0 Å². The Bertz CT molecular complexity index is 1340. The molecule has 0 aromatic heterocycles. The molecule has 3 N–H and O–H groups in total. The van der Waals surface area contributed by atoms with E-state index in [2.05, 4.69) is 5.43 Å². The molecule has 196 valence electrons. The van der Waals surface area contributed by atoms with Gasteiger partial charge in [0, 0.05) is 15.6 Å². The lowest BCUT2D eigenvalue weighted by Crippen LogP contribution is -2.54. The summed E-state index contributed by atoms with van der Waals surface area (Å²) in [6.45, 7) is 1.82. The van der Waals surface area contributed by atoms with E-state index in [0.29, 0.717) is 10.0 Å². The third-order valence-corrected chi connectivity index (χ3v) is 5.52. The fraction of sp³-hybridized carbons (Fsp3) is 0.115. The first kappa shape index (κ1) is 28.2. The summed E-state index contributed by atoms with van der Waals surface area (Å²) in [6, 6.07) is 17.0. The van der Waals surface area contributed by atoms with Gasteiger partial charge < -0.3 is 14.6 Å². The number of aryl methyl sites for hydroxylation is 1. The van der Waals surface area contributed by atoms with E-state index < -0.39 is 41.9 Å². The van der Waals surface area contributed by atoms with E-state index in [9.17, 15) is 29.1 Å². The van der Waals surface area contributed by atoms with Crippen LogP contribution in [0.15, 0.2) is 72.8 Å². The molecule has 2 atom stereocenters. The Kier molecular flexibility index (Phi) is 9.42. The van der Waals surface area contributed by atoms with Gasteiger partial charge in [0.05, 0.1) is 11.1 Å². The van der Waals surface area contributed by atoms with Crippen LogP contribution in [-0.4, -0.2) is 47.0 Å². The van der Waals surface area contributed by atoms with Gasteiger partial charge in [0.2, 0.25) is 12.2 Å². The highest BCUT2D eigenvalue weighted by Gasteiger charge is 2.41. The minimum Gasteiger partial charge on any atom is -0.478 e. The molecule has 0 saturated heterocycles. The molecular weight excluding hydrogens is 539 g/mol. The number of amides is 2. The molecule has 3 aromatic rings. The molecule has 0 aliphatic rings. The number of ether oxygens (including phenoxy) is 2. The van der Waals surface area contributed by atoms with E-state index in [1.807, 2.05) is 12.3 Å². The normalized spacial score (nSPS) is 12.0. The Morgan fingerprint density at radius 2 is 1.08 bits per heavy atom. The van der Waals surface area contributed by atoms with E-state index >= 15 is 0 Å². The number of hydrogen-bond acceptors (Lipinski definition) is 7. The molecule has 0 aliphatic heterocycles. The van der Waals surface area contributed by atoms with Crippen molar-refractivity contribution >= 4 is 52.9 Å². The van der Waals surface area contributed by atoms with Crippen LogP contribution in [0.25, 0.3) is 0 Å². The van der Waals surface area contributed by atoms with Gasteiger partial charge in [-0.3, -0.25) is 20.4 Å². The highest BCUT2D eigenvalue weighted by atomic mass is 35.5. The minimum atomic E-state index is -2.29. The van der Waals surface area contributed by atoms with E-state index in [-0.39, 0.29) is 16.7 Å². The fourth-order valence-electron chi connectivity index (χ4n) is 3.00. The number of esters is 2. The second kappa shape index (κ2) is 12.7. The number of aliphatic carboxylic acids is 1. The van der Waals surface area contributed by atoms with Crippen molar-refractivity contribution in [2.45, 2.75) is 19.1 Å². The number of halogens is 2. The van der Waals surface area contributed by atoms with E-state index in [4.69, 9.17) is 32.7 Å². The molecule has 0 spiro atoms. The first-order valence-corrected chi connectivity index (χ1v) is 11.6. The van der Waals surface area contributed by atoms with Gasteiger partial charge in [-0.05, 0) is 67.6 Å². The lowest BCUT2D eigenvalue weighted by molar-refractivity contribution is -0.159. The van der Waals surface area contributed by atoms with Gasteiger partial charge in [-0.25, -0.2) is 14.4 Å². The van der Waals surface area contributed by atoms with E-state index in [1.54, 1.807) is 12.1 Å². The predicted octanol–water partition coefficient (Wildman–Crippen LogP) is 3.60. The third kappa shape index (κ3) is 7.55. The van der Waals surface area contributed by atoms with Crippen molar-refractivity contribution in [3.05, 3.63) is 105 Å². The van der Waals surface area contributed by atoms with Crippen molar-refractivity contribution in [1.82, 2.24) is 10.9 Å². The minimum absolute atomic E-state index is 0.0657. The Labute approximate surface area is 226 Å². The number of carboxylic acids is 1. The number of carbonyl (C=O) groups is 5. The summed E-state index contributed by atoms with van der Waals surface area (Å²) in [7, 11) is 0. The number of hydrazine groups is 1. The Hall–Kier alpha value is -4.41. The van der Waals surface area contributed by atoms with Gasteiger partial charge in [0.1, 0.15) is 0 Å². The zero-order valence-electron chi connectivity index (χ0n) is 19.6. The number of carboxylic acid groups (broad SMARTS) is 1. The van der Waals surface area contributed by atoms with Crippen LogP contribution in [0.1, 0.15) is 36.6 Å². The standard InChI is InChI=1S/C26H20Cl2N2O8/c1-14-2-4-15(5-3-14)22(31)29-30-23(32)20(37-25(35)16-6-10-18(27)11-7-16)21(24(33)34)38-26(36)17-8-12-19(28)13-9-17/h2-13,20-21H,1H3,(H,29,31)(H,30,32)(H,33,34)/t20-,21-/m1/s1. The largest absolute Gasteiger partial charge is 0.478 e. The molecule has 0 heterocycles. The summed E-state index contributed by atoms with van der Waals surface area (Å²) in [6.07, 6.45) is -4.49. The van der Waals surface area contributed by atoms with E-state index in [1.165, 1.54) is 60.7 Å². The fourth-order valence-corrected chi connectivity index (χ4v) is 3.25. The molecule has 3 aromatic carbocycles. The van der Waals surface area contributed by atoms with Crippen LogP contribution in [-0.2, 0) is 19.1 Å². The van der Waals surface area contributed by atoms with Crippen molar-refractivity contribution in [2.75, 3.05) is 0 Å². The van der Waals surface area contributed by atoms with Crippen LogP contribution < -0.4 is 10.9 Å². The smallest absolute Gasteiger partial charge is 0.349 e. The molecule has 38 heavy (non-hydrogen) atoms. The average molecular weight is 559 g/mol. The molecule has 0 bridgehead atoms. The monoisotopic (exact) mass is 558 g/mol. The predicted molar refractivity (Wildman–Crippen MR) is 136 cm³/mol. The van der Waals surface area contributed by atoms with Gasteiger partial charge >= 0.3 is 17.9 Å². The van der Waals surface area contributed by atoms with Crippen LogP contribution in [0.4, 0.5) is 0 Å². The number of hydrogen-bond donors (Lipinski definition) is 3. The zero-order chi connectivity index (χ0) is 27.8. The molecule has 0 saturated carbocycles. The summed E-state index contributed by atoms with van der Waals surface area (Å²) in [4.78, 5) is 62.7. The van der Waals surface area contributed by atoms with Crippen LogP contribution in [0.2, 0.25) is 10.0 Å². The van der Waals surface area contributed by atoms with E-state index in [0.717, 1.165) is 5.56 Å². The summed E-state index contributed by atoms with van der Waals surface area (Å²) < 4.78 is 10.2. The summed E-state index contributed by atoms with van der Waals surface area (Å²) >= 11 is 11.6. The zero-order valence-corrected chi connectivity index (χ0v) is 21.2. The van der Waals surface area contributed by atoms with Crippen molar-refractivity contribution in [3.8, 4) is 0 Å². The Morgan fingerprint density at radius 1 is 0.658 bits per heavy atom. The SMILES string of the molecule is Cc1ccc(C(=O)NNC(=O)[C@H](OC(=O)c2ccc(Cl)cc2)[C@@H](OC(=O)c2ccc(Cl)cc2)C(=O)O)cc1. The molecule has 0 unspecified atom stereocenters. The number of rotatable bonds is 8. The molecular formula is C26H20Cl2N2O8. The van der Waals surface area contributed by atoms with Crippen molar-refractivity contribution in [2.24, 2.45) is 0 Å². The lowest BCUT2D eigenvalue weighted by Gasteiger charge is -2.23. The molecule has 0 fully saturated rings. The highest BCUT2D eigenvalue weighted by Crippen LogP contribution is 2.16. The van der Waals surface area contributed by atoms with Gasteiger partial charge in [0.15, 0.2) is 0 Å². The average Bonchev–Trinajstić information content (AvgIpc) is 2.89. The molecule has 3 rings (SSSR count). The topological polar surface area (TPSA) is 148 Å². The molecule has 2 amide bonds. The number of carbonyl (C=O) groups excluding carboxylic acids is 4. The maximum Gasteiger partial charge on any atom is 0.349 e. The quantitative estimate of drug-likeness (QED) is 0.280. The summed E-state index contributed by atoms with van der Waals surface area (Å²) in [5, 5.41) is 10.4. The van der Waals surface area contributed by atoms with Crippen molar-refractivity contribution in [3.63, 3.8) is 0 Å². The van der Waals surface area contributed by atoms with Crippen LogP contribution in [0.3, 0.4) is 0 Å².